The van der Waals surface area contributed by atoms with Crippen LogP contribution in [0.4, 0.5) is 5.69 Å². The van der Waals surface area contributed by atoms with Gasteiger partial charge in [-0.1, -0.05) is 24.3 Å². The van der Waals surface area contributed by atoms with Crippen LogP contribution in [-0.2, 0) is 14.8 Å². The van der Waals surface area contributed by atoms with E-state index in [0.717, 1.165) is 24.2 Å². The lowest BCUT2D eigenvalue weighted by atomic mass is 10.2. The van der Waals surface area contributed by atoms with Crippen LogP contribution in [-0.4, -0.2) is 38.7 Å². The van der Waals surface area contributed by atoms with E-state index in [4.69, 9.17) is 4.74 Å². The maximum Gasteiger partial charge on any atom is 0.269 e. The Bertz CT molecular complexity index is 1010. The predicted octanol–water partition coefficient (Wildman–Crippen LogP) is 3.32. The van der Waals surface area contributed by atoms with E-state index in [-0.39, 0.29) is 0 Å². The van der Waals surface area contributed by atoms with Gasteiger partial charge in [-0.25, -0.2) is 12.4 Å². The molecule has 0 saturated carbocycles. The van der Waals surface area contributed by atoms with Crippen LogP contribution < -0.4 is 4.90 Å². The van der Waals surface area contributed by atoms with Crippen LogP contribution in [0.2, 0.25) is 0 Å². The Morgan fingerprint density at radius 3 is 2.40 bits per heavy atom. The van der Waals surface area contributed by atoms with E-state index in [9.17, 15) is 8.42 Å². The summed E-state index contributed by atoms with van der Waals surface area (Å²) in [6.45, 7) is 3.02. The Morgan fingerprint density at radius 2 is 1.68 bits per heavy atom. The SMILES string of the molecule is O=S(=O)(c1ccccc1)n1c(I)cc2ccc(N3CCOCC3)cc21. The normalized spacial score (nSPS) is 15.6. The van der Waals surface area contributed by atoms with Crippen molar-refractivity contribution in [2.45, 2.75) is 4.90 Å². The van der Waals surface area contributed by atoms with E-state index in [1.807, 2.05) is 30.3 Å². The molecule has 1 fully saturated rings. The van der Waals surface area contributed by atoms with Gasteiger partial charge in [-0.2, -0.15) is 0 Å². The van der Waals surface area contributed by atoms with E-state index in [1.54, 1.807) is 24.3 Å². The van der Waals surface area contributed by atoms with Crippen molar-refractivity contribution in [3.05, 3.63) is 58.3 Å². The summed E-state index contributed by atoms with van der Waals surface area (Å²) in [6, 6.07) is 16.4. The molecule has 0 bridgehead atoms. The standard InChI is InChI=1S/C18H17IN2O3S/c19-18-12-14-6-7-15(20-8-10-24-11-9-20)13-17(14)21(18)25(22,23)16-4-2-1-3-5-16/h1-7,12-13H,8-11H2. The minimum absolute atomic E-state index is 0.294. The molecule has 25 heavy (non-hydrogen) atoms. The van der Waals surface area contributed by atoms with Gasteiger partial charge < -0.3 is 9.64 Å². The number of benzene rings is 2. The molecule has 0 spiro atoms. The maximum atomic E-state index is 13.1. The van der Waals surface area contributed by atoms with Gasteiger partial charge in [0.2, 0.25) is 0 Å². The van der Waals surface area contributed by atoms with Gasteiger partial charge in [-0.05, 0) is 52.9 Å². The number of halogens is 1. The molecule has 1 aliphatic heterocycles. The Labute approximate surface area is 160 Å². The highest BCUT2D eigenvalue weighted by Crippen LogP contribution is 2.30. The average molecular weight is 468 g/mol. The molecule has 0 radical (unpaired) electrons. The van der Waals surface area contributed by atoms with E-state index in [1.165, 1.54) is 3.97 Å². The number of fused-ring (bicyclic) bond motifs is 1. The van der Waals surface area contributed by atoms with E-state index in [0.29, 0.717) is 27.3 Å². The van der Waals surface area contributed by atoms with Crippen molar-refractivity contribution in [2.24, 2.45) is 0 Å². The van der Waals surface area contributed by atoms with Crippen molar-refractivity contribution in [1.29, 1.82) is 0 Å². The number of ether oxygens (including phenoxy) is 1. The first-order chi connectivity index (χ1) is 12.1. The molecular weight excluding hydrogens is 451 g/mol. The van der Waals surface area contributed by atoms with Crippen LogP contribution in [0.3, 0.4) is 0 Å². The lowest BCUT2D eigenvalue weighted by Crippen LogP contribution is -2.36. The fourth-order valence-electron chi connectivity index (χ4n) is 3.09. The highest BCUT2D eigenvalue weighted by atomic mass is 127. The number of anilines is 1. The molecule has 0 unspecified atom stereocenters. The summed E-state index contributed by atoms with van der Waals surface area (Å²) in [7, 11) is -3.63. The van der Waals surface area contributed by atoms with Gasteiger partial charge in [-0.15, -0.1) is 0 Å². The molecule has 0 amide bonds. The van der Waals surface area contributed by atoms with Crippen LogP contribution in [0.15, 0.2) is 59.5 Å². The van der Waals surface area contributed by atoms with Crippen molar-refractivity contribution in [1.82, 2.24) is 3.97 Å². The monoisotopic (exact) mass is 468 g/mol. The second-order valence-electron chi connectivity index (χ2n) is 5.89. The van der Waals surface area contributed by atoms with Gasteiger partial charge in [0.25, 0.3) is 10.0 Å². The topological polar surface area (TPSA) is 51.5 Å². The molecule has 0 N–H and O–H groups in total. The smallest absolute Gasteiger partial charge is 0.269 e. The van der Waals surface area contributed by atoms with Gasteiger partial charge in [-0.3, -0.25) is 0 Å². The third-order valence-electron chi connectivity index (χ3n) is 4.36. The third kappa shape index (κ3) is 3.04. The summed E-state index contributed by atoms with van der Waals surface area (Å²) in [5, 5.41) is 0.918. The molecule has 1 aromatic heterocycles. The van der Waals surface area contributed by atoms with Gasteiger partial charge in [0.05, 0.1) is 27.3 Å². The first kappa shape index (κ1) is 16.9. The Kier molecular flexibility index (Phi) is 4.47. The zero-order chi connectivity index (χ0) is 17.4. The van der Waals surface area contributed by atoms with Crippen molar-refractivity contribution in [3.63, 3.8) is 0 Å². The van der Waals surface area contributed by atoms with Gasteiger partial charge in [0, 0.05) is 24.2 Å². The Hall–Kier alpha value is -1.58. The first-order valence-corrected chi connectivity index (χ1v) is 10.5. The average Bonchev–Trinajstić information content (AvgIpc) is 2.98. The highest BCUT2D eigenvalue weighted by Gasteiger charge is 2.23. The number of aromatic nitrogens is 1. The van der Waals surface area contributed by atoms with Crippen molar-refractivity contribution in [3.8, 4) is 0 Å². The van der Waals surface area contributed by atoms with Gasteiger partial charge in [0.15, 0.2) is 0 Å². The molecule has 130 valence electrons. The number of hydrogen-bond acceptors (Lipinski definition) is 4. The molecule has 3 aromatic rings. The van der Waals surface area contributed by atoms with E-state index >= 15 is 0 Å². The Morgan fingerprint density at radius 1 is 0.960 bits per heavy atom. The van der Waals surface area contributed by atoms with Gasteiger partial charge in [0.1, 0.15) is 0 Å². The van der Waals surface area contributed by atoms with Crippen LogP contribution in [0.5, 0.6) is 0 Å². The fraction of sp³-hybridized carbons (Fsp3) is 0.222. The molecule has 4 rings (SSSR count). The summed E-state index contributed by atoms with van der Waals surface area (Å²) in [5.74, 6) is 0. The lowest BCUT2D eigenvalue weighted by Gasteiger charge is -2.29. The van der Waals surface area contributed by atoms with Crippen molar-refractivity contribution < 1.29 is 13.2 Å². The molecular formula is C18H17IN2O3S. The molecule has 2 heterocycles. The van der Waals surface area contributed by atoms with Crippen LogP contribution in [0.1, 0.15) is 0 Å². The summed E-state index contributed by atoms with van der Waals surface area (Å²) in [5.41, 5.74) is 1.73. The van der Waals surface area contributed by atoms with Gasteiger partial charge >= 0.3 is 0 Å². The number of nitrogens with zero attached hydrogens (tertiary/aromatic N) is 2. The zero-order valence-electron chi connectivity index (χ0n) is 13.4. The number of hydrogen-bond donors (Lipinski definition) is 0. The van der Waals surface area contributed by atoms with Crippen LogP contribution in [0, 0.1) is 3.70 Å². The fourth-order valence-corrected chi connectivity index (χ4v) is 5.88. The first-order valence-electron chi connectivity index (χ1n) is 8.02. The Balaban J connectivity index is 1.87. The predicted molar refractivity (Wildman–Crippen MR) is 107 cm³/mol. The molecule has 0 atom stereocenters. The highest BCUT2D eigenvalue weighted by molar-refractivity contribution is 14.1. The second kappa shape index (κ2) is 6.62. The van der Waals surface area contributed by atoms with E-state index in [2.05, 4.69) is 27.5 Å². The molecule has 2 aromatic carbocycles. The second-order valence-corrected chi connectivity index (χ2v) is 8.78. The number of rotatable bonds is 3. The molecule has 5 nitrogen and oxygen atoms in total. The summed E-state index contributed by atoms with van der Waals surface area (Å²) < 4.78 is 33.8. The lowest BCUT2D eigenvalue weighted by molar-refractivity contribution is 0.122. The van der Waals surface area contributed by atoms with E-state index < -0.39 is 10.0 Å². The van der Waals surface area contributed by atoms with Crippen molar-refractivity contribution >= 4 is 49.2 Å². The quantitative estimate of drug-likeness (QED) is 0.554. The molecule has 0 aliphatic carbocycles. The molecule has 1 aliphatic rings. The minimum Gasteiger partial charge on any atom is -0.378 e. The zero-order valence-corrected chi connectivity index (χ0v) is 16.4. The summed E-state index contributed by atoms with van der Waals surface area (Å²) in [6.07, 6.45) is 0. The minimum atomic E-state index is -3.63. The third-order valence-corrected chi connectivity index (χ3v) is 7.22. The molecule has 1 saturated heterocycles. The number of morpholine rings is 1. The summed E-state index contributed by atoms with van der Waals surface area (Å²) >= 11 is 2.08. The van der Waals surface area contributed by atoms with Crippen LogP contribution in [0.25, 0.3) is 10.9 Å². The van der Waals surface area contributed by atoms with Crippen molar-refractivity contribution in [2.75, 3.05) is 31.2 Å². The maximum absolute atomic E-state index is 13.1. The van der Waals surface area contributed by atoms with Crippen LogP contribution >= 0.6 is 22.6 Å². The molecule has 7 heteroatoms. The largest absolute Gasteiger partial charge is 0.378 e. The summed E-state index contributed by atoms with van der Waals surface area (Å²) in [4.78, 5) is 2.52.